The Bertz CT molecular complexity index is 1280. The number of carbonyl (C=O) groups is 2. The molecular weight excluding hydrogens is 554 g/mol. The lowest BCUT2D eigenvalue weighted by atomic mass is 9.95. The number of anilines is 1. The number of hydrogen-bond donors (Lipinski definition) is 1. The Morgan fingerprint density at radius 2 is 1.68 bits per heavy atom. The van der Waals surface area contributed by atoms with Gasteiger partial charge in [0.1, 0.15) is 25.8 Å². The molecule has 1 heterocycles. The molecule has 1 saturated carbocycles. The van der Waals surface area contributed by atoms with E-state index >= 15 is 0 Å². The molecule has 0 aromatic heterocycles. The number of halogens is 1. The second-order valence-electron chi connectivity index (χ2n) is 10.2. The van der Waals surface area contributed by atoms with E-state index in [4.69, 9.17) is 21.1 Å². The van der Waals surface area contributed by atoms with Gasteiger partial charge in [0.2, 0.25) is 21.8 Å². The maximum Gasteiger partial charge on any atom is 0.244 e. The van der Waals surface area contributed by atoms with Crippen LogP contribution in [0.4, 0.5) is 5.69 Å². The highest BCUT2D eigenvalue weighted by atomic mass is 35.5. The molecule has 1 aliphatic heterocycles. The monoisotopic (exact) mass is 591 g/mol. The van der Waals surface area contributed by atoms with Crippen LogP contribution >= 0.6 is 11.6 Å². The first-order chi connectivity index (χ1) is 19.2. The van der Waals surface area contributed by atoms with Crippen LogP contribution in [0.3, 0.4) is 0 Å². The van der Waals surface area contributed by atoms with Gasteiger partial charge in [0.15, 0.2) is 11.5 Å². The fourth-order valence-electron chi connectivity index (χ4n) is 5.16. The first-order valence-electron chi connectivity index (χ1n) is 14.0. The average Bonchev–Trinajstić information content (AvgIpc) is 2.97. The zero-order valence-corrected chi connectivity index (χ0v) is 24.7. The van der Waals surface area contributed by atoms with Crippen molar-refractivity contribution < 1.29 is 27.5 Å². The molecular formula is C29H38ClN3O6S. The van der Waals surface area contributed by atoms with E-state index in [1.54, 1.807) is 42.5 Å². The summed E-state index contributed by atoms with van der Waals surface area (Å²) >= 11 is 6.08. The SMILES string of the molecule is CCC(C(=O)NC1CCCCC1)N(Cc1ccc(Cl)cc1)C(=O)CN(c1ccc2c(c1)OCCO2)S(=O)(=O)CC. The highest BCUT2D eigenvalue weighted by Gasteiger charge is 2.33. The summed E-state index contributed by atoms with van der Waals surface area (Å²) in [7, 11) is -3.85. The lowest BCUT2D eigenvalue weighted by Gasteiger charge is -2.34. The van der Waals surface area contributed by atoms with Crippen molar-refractivity contribution in [3.63, 3.8) is 0 Å². The van der Waals surface area contributed by atoms with Gasteiger partial charge in [0.25, 0.3) is 0 Å². The van der Waals surface area contributed by atoms with Crippen molar-refractivity contribution in [2.75, 3.05) is 29.8 Å². The zero-order chi connectivity index (χ0) is 28.7. The maximum atomic E-state index is 14.0. The normalized spacial score (nSPS) is 16.2. The molecule has 0 saturated heterocycles. The van der Waals surface area contributed by atoms with Crippen molar-refractivity contribution in [3.8, 4) is 11.5 Å². The number of ether oxygens (including phenoxy) is 2. The largest absolute Gasteiger partial charge is 0.486 e. The van der Waals surface area contributed by atoms with E-state index < -0.39 is 28.5 Å². The Balaban J connectivity index is 1.64. The molecule has 0 spiro atoms. The topological polar surface area (TPSA) is 105 Å². The van der Waals surface area contributed by atoms with Gasteiger partial charge in [-0.15, -0.1) is 0 Å². The summed E-state index contributed by atoms with van der Waals surface area (Å²) < 4.78 is 38.8. The van der Waals surface area contributed by atoms with E-state index in [2.05, 4.69) is 5.32 Å². The molecule has 218 valence electrons. The lowest BCUT2D eigenvalue weighted by Crippen LogP contribution is -2.54. The van der Waals surface area contributed by atoms with E-state index in [1.165, 1.54) is 11.8 Å². The quantitative estimate of drug-likeness (QED) is 0.412. The third-order valence-corrected chi connectivity index (χ3v) is 9.39. The number of sulfonamides is 1. The van der Waals surface area contributed by atoms with Crippen molar-refractivity contribution in [2.24, 2.45) is 0 Å². The highest BCUT2D eigenvalue weighted by molar-refractivity contribution is 7.92. The minimum atomic E-state index is -3.85. The summed E-state index contributed by atoms with van der Waals surface area (Å²) in [6.07, 6.45) is 5.50. The van der Waals surface area contributed by atoms with Crippen LogP contribution in [0.2, 0.25) is 5.02 Å². The summed E-state index contributed by atoms with van der Waals surface area (Å²) in [5.41, 5.74) is 1.08. The van der Waals surface area contributed by atoms with Crippen LogP contribution in [0.25, 0.3) is 0 Å². The third-order valence-electron chi connectivity index (χ3n) is 7.40. The summed E-state index contributed by atoms with van der Waals surface area (Å²) in [5.74, 6) is 0.0351. The second-order valence-corrected chi connectivity index (χ2v) is 12.8. The molecule has 1 aliphatic carbocycles. The van der Waals surface area contributed by atoms with Gasteiger partial charge < -0.3 is 19.7 Å². The minimum absolute atomic E-state index is 0.0810. The van der Waals surface area contributed by atoms with Crippen molar-refractivity contribution in [3.05, 3.63) is 53.1 Å². The van der Waals surface area contributed by atoms with E-state index in [0.29, 0.717) is 41.8 Å². The highest BCUT2D eigenvalue weighted by Crippen LogP contribution is 2.35. The van der Waals surface area contributed by atoms with Gasteiger partial charge in [-0.25, -0.2) is 8.42 Å². The summed E-state index contributed by atoms with van der Waals surface area (Å²) in [5, 5.41) is 3.70. The van der Waals surface area contributed by atoms with E-state index in [-0.39, 0.29) is 24.2 Å². The standard InChI is InChI=1S/C29H38ClN3O6S/c1-3-25(29(35)31-23-8-6-5-7-9-23)32(19-21-10-12-22(30)13-11-21)28(34)20-33(40(36,37)4-2)24-14-15-26-27(18-24)39-17-16-38-26/h10-15,18,23,25H,3-9,16-17,19-20H2,1-2H3,(H,31,35). The predicted octanol–water partition coefficient (Wildman–Crippen LogP) is 4.52. The number of hydrogen-bond acceptors (Lipinski definition) is 6. The molecule has 9 nitrogen and oxygen atoms in total. The number of rotatable bonds is 11. The molecule has 4 rings (SSSR count). The second kappa shape index (κ2) is 13.6. The first-order valence-corrected chi connectivity index (χ1v) is 15.9. The molecule has 1 atom stereocenters. The summed E-state index contributed by atoms with van der Waals surface area (Å²) in [4.78, 5) is 29.0. The lowest BCUT2D eigenvalue weighted by molar-refractivity contribution is -0.140. The fourth-order valence-corrected chi connectivity index (χ4v) is 6.34. The van der Waals surface area contributed by atoms with Crippen molar-refractivity contribution >= 4 is 39.1 Å². The Labute approximate surface area is 241 Å². The molecule has 0 bridgehead atoms. The maximum absolute atomic E-state index is 14.0. The van der Waals surface area contributed by atoms with Gasteiger partial charge in [-0.2, -0.15) is 0 Å². The number of fused-ring (bicyclic) bond motifs is 1. The zero-order valence-electron chi connectivity index (χ0n) is 23.1. The molecule has 1 N–H and O–H groups in total. The molecule has 40 heavy (non-hydrogen) atoms. The molecule has 2 amide bonds. The fraction of sp³-hybridized carbons (Fsp3) is 0.517. The Kier molecular flexibility index (Phi) is 10.2. The molecule has 2 aliphatic rings. The van der Waals surface area contributed by atoms with Gasteiger partial charge in [-0.3, -0.25) is 13.9 Å². The first kappa shape index (κ1) is 30.0. The van der Waals surface area contributed by atoms with Crippen LogP contribution in [0.5, 0.6) is 11.5 Å². The smallest absolute Gasteiger partial charge is 0.244 e. The Morgan fingerprint density at radius 1 is 1.00 bits per heavy atom. The van der Waals surface area contributed by atoms with E-state index in [1.807, 2.05) is 6.92 Å². The van der Waals surface area contributed by atoms with Gasteiger partial charge >= 0.3 is 0 Å². The number of carbonyl (C=O) groups excluding carboxylic acids is 2. The summed E-state index contributed by atoms with van der Waals surface area (Å²) in [6, 6.07) is 11.2. The van der Waals surface area contributed by atoms with Crippen molar-refractivity contribution in [2.45, 2.75) is 71.0 Å². The van der Waals surface area contributed by atoms with Crippen LogP contribution in [0, 0.1) is 0 Å². The minimum Gasteiger partial charge on any atom is -0.486 e. The van der Waals surface area contributed by atoms with Crippen LogP contribution in [0.1, 0.15) is 57.9 Å². The molecule has 1 fully saturated rings. The third kappa shape index (κ3) is 7.40. The molecule has 11 heteroatoms. The van der Waals surface area contributed by atoms with E-state index in [9.17, 15) is 18.0 Å². The number of benzene rings is 2. The number of amides is 2. The van der Waals surface area contributed by atoms with Gasteiger partial charge in [0, 0.05) is 23.7 Å². The Morgan fingerprint density at radius 3 is 2.33 bits per heavy atom. The van der Waals surface area contributed by atoms with Gasteiger partial charge in [-0.1, -0.05) is 49.9 Å². The number of nitrogens with zero attached hydrogens (tertiary/aromatic N) is 2. The molecule has 2 aromatic rings. The Hall–Kier alpha value is -2.98. The summed E-state index contributed by atoms with van der Waals surface area (Å²) in [6.45, 7) is 3.81. The number of nitrogens with one attached hydrogen (secondary N) is 1. The molecule has 1 unspecified atom stereocenters. The van der Waals surface area contributed by atoms with Crippen LogP contribution in [0.15, 0.2) is 42.5 Å². The molecule has 2 aromatic carbocycles. The van der Waals surface area contributed by atoms with Gasteiger partial charge in [-0.05, 0) is 56.0 Å². The van der Waals surface area contributed by atoms with Crippen molar-refractivity contribution in [1.29, 1.82) is 0 Å². The van der Waals surface area contributed by atoms with Crippen molar-refractivity contribution in [1.82, 2.24) is 10.2 Å². The average molecular weight is 592 g/mol. The van der Waals surface area contributed by atoms with Crippen LogP contribution in [-0.2, 0) is 26.2 Å². The van der Waals surface area contributed by atoms with Gasteiger partial charge in [0.05, 0.1) is 11.4 Å². The van der Waals surface area contributed by atoms with E-state index in [0.717, 1.165) is 42.0 Å². The molecule has 0 radical (unpaired) electrons. The van der Waals surface area contributed by atoms with Crippen LogP contribution < -0.4 is 19.1 Å². The predicted molar refractivity (Wildman–Crippen MR) is 155 cm³/mol. The van der Waals surface area contributed by atoms with Crippen LogP contribution in [-0.4, -0.2) is 62.7 Å².